The van der Waals surface area contributed by atoms with Crippen LogP contribution in [-0.2, 0) is 10.2 Å². The van der Waals surface area contributed by atoms with Gasteiger partial charge in [-0.2, -0.15) is 0 Å². The molecule has 3 rings (SSSR count). The molecule has 5 heteroatoms. The molecule has 1 saturated heterocycles. The molecule has 0 saturated carbocycles. The Hall–Kier alpha value is -2.66. The fourth-order valence-electron chi connectivity index (χ4n) is 3.48. The minimum absolute atomic E-state index is 0.0592. The second-order valence-electron chi connectivity index (χ2n) is 8.70. The predicted octanol–water partition coefficient (Wildman–Crippen LogP) is 3.77. The molecular formula is C24H31N3O2. The van der Waals surface area contributed by atoms with E-state index in [2.05, 4.69) is 31.4 Å². The van der Waals surface area contributed by atoms with Gasteiger partial charge in [0.05, 0.1) is 5.92 Å². The molecule has 1 unspecified atom stereocenters. The molecule has 2 aromatic rings. The van der Waals surface area contributed by atoms with Crippen LogP contribution >= 0.6 is 0 Å². The minimum Gasteiger partial charge on any atom is -0.340 e. The molecule has 29 heavy (non-hydrogen) atoms. The van der Waals surface area contributed by atoms with Gasteiger partial charge in [0.15, 0.2) is 0 Å². The first-order chi connectivity index (χ1) is 13.8. The summed E-state index contributed by atoms with van der Waals surface area (Å²) in [4.78, 5) is 27.1. The van der Waals surface area contributed by atoms with Crippen LogP contribution < -0.4 is 10.6 Å². The van der Waals surface area contributed by atoms with Crippen molar-refractivity contribution in [2.45, 2.75) is 39.0 Å². The Balaban J connectivity index is 1.62. The van der Waals surface area contributed by atoms with Gasteiger partial charge in [-0.1, -0.05) is 45.0 Å². The molecule has 0 aromatic heterocycles. The van der Waals surface area contributed by atoms with Crippen molar-refractivity contribution >= 4 is 17.5 Å². The number of benzene rings is 2. The fourth-order valence-corrected chi connectivity index (χ4v) is 3.48. The first-order valence-electron chi connectivity index (χ1n) is 10.3. The van der Waals surface area contributed by atoms with Crippen molar-refractivity contribution in [2.24, 2.45) is 0 Å². The fraction of sp³-hybridized carbons (Fsp3) is 0.417. The average Bonchev–Trinajstić information content (AvgIpc) is 2.73. The number of amides is 2. The number of hydrogen-bond acceptors (Lipinski definition) is 3. The first-order valence-corrected chi connectivity index (χ1v) is 10.3. The lowest BCUT2D eigenvalue weighted by atomic mass is 9.87. The molecule has 1 aliphatic heterocycles. The van der Waals surface area contributed by atoms with Gasteiger partial charge in [-0.05, 0) is 47.7 Å². The summed E-state index contributed by atoms with van der Waals surface area (Å²) in [5, 5.41) is 6.20. The van der Waals surface area contributed by atoms with E-state index in [1.165, 1.54) is 5.56 Å². The molecule has 5 nitrogen and oxygen atoms in total. The zero-order valence-electron chi connectivity index (χ0n) is 17.8. The summed E-state index contributed by atoms with van der Waals surface area (Å²) in [7, 11) is 0. The SMILES string of the molecule is CC(C(=O)N1CCNCC1)c1ccc(NC(=O)c2ccc(C(C)(C)C)cc2)cc1. The molecule has 2 aromatic carbocycles. The summed E-state index contributed by atoms with van der Waals surface area (Å²) in [5.74, 6) is -0.173. The summed E-state index contributed by atoms with van der Waals surface area (Å²) in [6.45, 7) is 11.6. The van der Waals surface area contributed by atoms with Crippen molar-refractivity contribution in [3.63, 3.8) is 0 Å². The summed E-state index contributed by atoms with van der Waals surface area (Å²) in [6.07, 6.45) is 0. The molecule has 154 valence electrons. The highest BCUT2D eigenvalue weighted by molar-refractivity contribution is 6.04. The van der Waals surface area contributed by atoms with Crippen LogP contribution in [-0.4, -0.2) is 42.9 Å². The van der Waals surface area contributed by atoms with Crippen LogP contribution in [0.1, 0.15) is 55.1 Å². The number of hydrogen-bond donors (Lipinski definition) is 2. The Labute approximate surface area is 173 Å². The van der Waals surface area contributed by atoms with Crippen molar-refractivity contribution in [1.82, 2.24) is 10.2 Å². The lowest BCUT2D eigenvalue weighted by Gasteiger charge is -2.30. The molecule has 0 radical (unpaired) electrons. The summed E-state index contributed by atoms with van der Waals surface area (Å²) in [5.41, 5.74) is 3.57. The standard InChI is InChI=1S/C24H31N3O2/c1-17(23(29)27-15-13-25-14-16-27)18-7-11-21(12-8-18)26-22(28)19-5-9-20(10-6-19)24(2,3)4/h5-12,17,25H,13-16H2,1-4H3,(H,26,28). The van der Waals surface area contributed by atoms with E-state index in [0.717, 1.165) is 37.4 Å². The highest BCUT2D eigenvalue weighted by atomic mass is 16.2. The third-order valence-corrected chi connectivity index (χ3v) is 5.48. The normalized spacial score (nSPS) is 15.7. The van der Waals surface area contributed by atoms with E-state index in [-0.39, 0.29) is 23.1 Å². The number of anilines is 1. The molecular weight excluding hydrogens is 362 g/mol. The van der Waals surface area contributed by atoms with Crippen molar-refractivity contribution in [1.29, 1.82) is 0 Å². The summed E-state index contributed by atoms with van der Waals surface area (Å²) >= 11 is 0. The minimum atomic E-state index is -0.192. The Morgan fingerprint density at radius 1 is 0.966 bits per heavy atom. The van der Waals surface area contributed by atoms with Crippen LogP contribution in [0.15, 0.2) is 48.5 Å². The molecule has 2 N–H and O–H groups in total. The van der Waals surface area contributed by atoms with E-state index in [9.17, 15) is 9.59 Å². The molecule has 1 atom stereocenters. The van der Waals surface area contributed by atoms with E-state index < -0.39 is 0 Å². The third kappa shape index (κ3) is 5.24. The zero-order chi connectivity index (χ0) is 21.0. The zero-order valence-corrected chi connectivity index (χ0v) is 17.8. The number of carbonyl (C=O) groups excluding carboxylic acids is 2. The van der Waals surface area contributed by atoms with Gasteiger partial charge >= 0.3 is 0 Å². The molecule has 0 aliphatic carbocycles. The lowest BCUT2D eigenvalue weighted by Crippen LogP contribution is -2.47. The molecule has 2 amide bonds. The van der Waals surface area contributed by atoms with Gasteiger partial charge < -0.3 is 15.5 Å². The van der Waals surface area contributed by atoms with Gasteiger partial charge in [-0.25, -0.2) is 0 Å². The smallest absolute Gasteiger partial charge is 0.255 e. The van der Waals surface area contributed by atoms with Gasteiger partial charge in [0.2, 0.25) is 5.91 Å². The predicted molar refractivity (Wildman–Crippen MR) is 117 cm³/mol. The topological polar surface area (TPSA) is 61.4 Å². The van der Waals surface area contributed by atoms with Crippen LogP contribution in [0.3, 0.4) is 0 Å². The van der Waals surface area contributed by atoms with Crippen LogP contribution in [0.25, 0.3) is 0 Å². The second kappa shape index (κ2) is 8.78. The number of rotatable bonds is 4. The van der Waals surface area contributed by atoms with Crippen LogP contribution in [0.2, 0.25) is 0 Å². The van der Waals surface area contributed by atoms with E-state index in [4.69, 9.17) is 0 Å². The largest absolute Gasteiger partial charge is 0.340 e. The number of nitrogens with one attached hydrogen (secondary N) is 2. The third-order valence-electron chi connectivity index (χ3n) is 5.48. The number of carbonyl (C=O) groups is 2. The average molecular weight is 394 g/mol. The number of nitrogens with zero attached hydrogens (tertiary/aromatic N) is 1. The van der Waals surface area contributed by atoms with Gasteiger partial charge in [0.25, 0.3) is 5.91 Å². The van der Waals surface area contributed by atoms with Crippen LogP contribution in [0.4, 0.5) is 5.69 Å². The monoisotopic (exact) mass is 393 g/mol. The quantitative estimate of drug-likeness (QED) is 0.831. The van der Waals surface area contributed by atoms with E-state index in [1.54, 1.807) is 0 Å². The van der Waals surface area contributed by atoms with E-state index >= 15 is 0 Å². The molecule has 0 bridgehead atoms. The van der Waals surface area contributed by atoms with Crippen molar-refractivity contribution in [3.05, 3.63) is 65.2 Å². The maximum Gasteiger partial charge on any atom is 0.255 e. The summed E-state index contributed by atoms with van der Waals surface area (Å²) < 4.78 is 0. The molecule has 1 fully saturated rings. The van der Waals surface area contributed by atoms with Gasteiger partial charge in [0.1, 0.15) is 0 Å². The van der Waals surface area contributed by atoms with Crippen molar-refractivity contribution in [2.75, 3.05) is 31.5 Å². The second-order valence-corrected chi connectivity index (χ2v) is 8.70. The van der Waals surface area contributed by atoms with E-state index in [0.29, 0.717) is 5.56 Å². The first kappa shape index (κ1) is 21.1. The van der Waals surface area contributed by atoms with Gasteiger partial charge in [-0.3, -0.25) is 9.59 Å². The van der Waals surface area contributed by atoms with Crippen LogP contribution in [0, 0.1) is 0 Å². The van der Waals surface area contributed by atoms with Crippen molar-refractivity contribution < 1.29 is 9.59 Å². The molecule has 1 heterocycles. The number of piperazine rings is 1. The van der Waals surface area contributed by atoms with Gasteiger partial charge in [-0.15, -0.1) is 0 Å². The molecule has 1 aliphatic rings. The van der Waals surface area contributed by atoms with E-state index in [1.807, 2.05) is 60.4 Å². The Kier molecular flexibility index (Phi) is 6.38. The highest BCUT2D eigenvalue weighted by Crippen LogP contribution is 2.23. The Morgan fingerprint density at radius 2 is 1.55 bits per heavy atom. The van der Waals surface area contributed by atoms with Crippen molar-refractivity contribution in [3.8, 4) is 0 Å². The lowest BCUT2D eigenvalue weighted by molar-refractivity contribution is -0.133. The Bertz CT molecular complexity index is 845. The Morgan fingerprint density at radius 3 is 2.10 bits per heavy atom. The maximum atomic E-state index is 12.7. The maximum absolute atomic E-state index is 12.7. The highest BCUT2D eigenvalue weighted by Gasteiger charge is 2.23. The van der Waals surface area contributed by atoms with Gasteiger partial charge in [0, 0.05) is 37.4 Å². The molecule has 0 spiro atoms. The van der Waals surface area contributed by atoms with Crippen LogP contribution in [0.5, 0.6) is 0 Å². The summed E-state index contributed by atoms with van der Waals surface area (Å²) in [6, 6.07) is 15.3.